The summed E-state index contributed by atoms with van der Waals surface area (Å²) in [6.45, 7) is 4.01. The van der Waals surface area contributed by atoms with Gasteiger partial charge in [0.25, 0.3) is 0 Å². The van der Waals surface area contributed by atoms with Crippen LogP contribution in [0.1, 0.15) is 46.0 Å². The van der Waals surface area contributed by atoms with Gasteiger partial charge in [0.1, 0.15) is 0 Å². The molecule has 0 heterocycles. The van der Waals surface area contributed by atoms with Crippen molar-refractivity contribution in [1.82, 2.24) is 0 Å². The predicted octanol–water partition coefficient (Wildman–Crippen LogP) is 2.89. The van der Waals surface area contributed by atoms with Gasteiger partial charge in [0.15, 0.2) is 0 Å². The van der Waals surface area contributed by atoms with Gasteiger partial charge in [-0.25, -0.2) is 0 Å². The molecule has 0 aromatic heterocycles. The van der Waals surface area contributed by atoms with E-state index in [1.165, 1.54) is 25.7 Å². The lowest BCUT2D eigenvalue weighted by atomic mass is 9.81. The van der Waals surface area contributed by atoms with Crippen molar-refractivity contribution in [2.45, 2.75) is 52.1 Å². The molecule has 0 bridgehead atoms. The molecule has 70 valence electrons. The molecule has 0 spiro atoms. The molecular formula is C11H20O. The Balaban J connectivity index is 2.48. The van der Waals surface area contributed by atoms with Crippen LogP contribution >= 0.6 is 0 Å². The highest BCUT2D eigenvalue weighted by Gasteiger charge is 2.19. The van der Waals surface area contributed by atoms with Gasteiger partial charge in [-0.15, -0.1) is 0 Å². The third-order valence-corrected chi connectivity index (χ3v) is 2.79. The summed E-state index contributed by atoms with van der Waals surface area (Å²) in [5, 5.41) is 9.29. The molecule has 0 aliphatic heterocycles. The Labute approximate surface area is 75.5 Å². The van der Waals surface area contributed by atoms with Crippen molar-refractivity contribution >= 4 is 0 Å². The molecule has 0 aromatic carbocycles. The average Bonchev–Trinajstić information content (AvgIpc) is 2.04. The number of hydrogen-bond donors (Lipinski definition) is 1. The van der Waals surface area contributed by atoms with Crippen molar-refractivity contribution in [2.24, 2.45) is 5.92 Å². The minimum atomic E-state index is -0.136. The first-order valence-corrected chi connectivity index (χ1v) is 5.07. The zero-order valence-corrected chi connectivity index (χ0v) is 8.21. The van der Waals surface area contributed by atoms with E-state index in [2.05, 4.69) is 13.0 Å². The molecule has 0 aromatic rings. The van der Waals surface area contributed by atoms with Crippen LogP contribution in [0.5, 0.6) is 0 Å². The second-order valence-electron chi connectivity index (χ2n) is 3.89. The van der Waals surface area contributed by atoms with Gasteiger partial charge in [-0.05, 0) is 45.4 Å². The number of aliphatic hydroxyl groups excluding tert-OH is 1. The normalized spacial score (nSPS) is 30.6. The lowest BCUT2D eigenvalue weighted by molar-refractivity contribution is 0.160. The fourth-order valence-electron chi connectivity index (χ4n) is 2.17. The van der Waals surface area contributed by atoms with Crippen LogP contribution in [0.4, 0.5) is 0 Å². The Kier molecular flexibility index (Phi) is 3.80. The molecule has 1 saturated carbocycles. The Morgan fingerprint density at radius 1 is 1.58 bits per heavy atom. The van der Waals surface area contributed by atoms with Crippen molar-refractivity contribution in [3.63, 3.8) is 0 Å². The van der Waals surface area contributed by atoms with Crippen molar-refractivity contribution in [1.29, 1.82) is 0 Å². The largest absolute Gasteiger partial charge is 0.393 e. The van der Waals surface area contributed by atoms with Crippen LogP contribution in [0.3, 0.4) is 0 Å². The van der Waals surface area contributed by atoms with Crippen LogP contribution in [0, 0.1) is 5.92 Å². The van der Waals surface area contributed by atoms with Gasteiger partial charge in [-0.2, -0.15) is 0 Å². The van der Waals surface area contributed by atoms with Gasteiger partial charge in [-0.3, -0.25) is 0 Å². The lowest BCUT2D eigenvalue weighted by Crippen LogP contribution is -2.15. The van der Waals surface area contributed by atoms with Gasteiger partial charge in [-0.1, -0.05) is 18.1 Å². The quantitative estimate of drug-likeness (QED) is 0.629. The zero-order chi connectivity index (χ0) is 8.97. The summed E-state index contributed by atoms with van der Waals surface area (Å²) in [4.78, 5) is 0. The van der Waals surface area contributed by atoms with E-state index in [1.54, 1.807) is 5.57 Å². The first kappa shape index (κ1) is 9.79. The first-order valence-electron chi connectivity index (χ1n) is 5.07. The SMILES string of the molecule is C/C=C1\CCCC[C@H]1C[C@@H](C)O. The standard InChI is InChI=1S/C11H20O/c1-3-10-6-4-5-7-11(10)8-9(2)12/h3,9,11-12H,4-8H2,1-2H3/b10-3+/t9-,11+/m1/s1. The van der Waals surface area contributed by atoms with E-state index in [1.807, 2.05) is 6.92 Å². The second-order valence-corrected chi connectivity index (χ2v) is 3.89. The molecule has 1 rings (SSSR count). The predicted molar refractivity (Wildman–Crippen MR) is 52.0 cm³/mol. The van der Waals surface area contributed by atoms with E-state index in [-0.39, 0.29) is 6.10 Å². The number of hydrogen-bond acceptors (Lipinski definition) is 1. The molecule has 1 fully saturated rings. The maximum absolute atomic E-state index is 9.29. The molecule has 0 amide bonds. The highest BCUT2D eigenvalue weighted by molar-refractivity contribution is 5.08. The van der Waals surface area contributed by atoms with Crippen LogP contribution in [-0.4, -0.2) is 11.2 Å². The molecule has 0 saturated heterocycles. The third-order valence-electron chi connectivity index (χ3n) is 2.79. The van der Waals surface area contributed by atoms with Crippen molar-refractivity contribution in [3.05, 3.63) is 11.6 Å². The molecule has 2 atom stereocenters. The summed E-state index contributed by atoms with van der Waals surface area (Å²) in [7, 11) is 0. The van der Waals surface area contributed by atoms with E-state index < -0.39 is 0 Å². The molecular weight excluding hydrogens is 148 g/mol. The summed E-state index contributed by atoms with van der Waals surface area (Å²) in [6, 6.07) is 0. The van der Waals surface area contributed by atoms with E-state index in [9.17, 15) is 5.11 Å². The maximum atomic E-state index is 9.29. The van der Waals surface area contributed by atoms with E-state index >= 15 is 0 Å². The van der Waals surface area contributed by atoms with E-state index in [0.29, 0.717) is 5.92 Å². The summed E-state index contributed by atoms with van der Waals surface area (Å²) < 4.78 is 0. The Morgan fingerprint density at radius 3 is 2.92 bits per heavy atom. The highest BCUT2D eigenvalue weighted by atomic mass is 16.3. The Hall–Kier alpha value is -0.300. The molecule has 1 aliphatic rings. The van der Waals surface area contributed by atoms with Crippen LogP contribution in [0.25, 0.3) is 0 Å². The van der Waals surface area contributed by atoms with Crippen LogP contribution in [0.2, 0.25) is 0 Å². The van der Waals surface area contributed by atoms with Gasteiger partial charge < -0.3 is 5.11 Å². The number of allylic oxidation sites excluding steroid dienone is 2. The molecule has 1 aliphatic carbocycles. The smallest absolute Gasteiger partial charge is 0.0517 e. The highest BCUT2D eigenvalue weighted by Crippen LogP contribution is 2.32. The minimum absolute atomic E-state index is 0.136. The monoisotopic (exact) mass is 168 g/mol. The van der Waals surface area contributed by atoms with Crippen molar-refractivity contribution in [3.8, 4) is 0 Å². The summed E-state index contributed by atoms with van der Waals surface area (Å²) in [5.74, 6) is 0.670. The molecule has 1 heteroatoms. The lowest BCUT2D eigenvalue weighted by Gasteiger charge is -2.26. The third kappa shape index (κ3) is 2.63. The minimum Gasteiger partial charge on any atom is -0.393 e. The van der Waals surface area contributed by atoms with E-state index in [0.717, 1.165) is 6.42 Å². The van der Waals surface area contributed by atoms with Crippen LogP contribution < -0.4 is 0 Å². The summed E-state index contributed by atoms with van der Waals surface area (Å²) >= 11 is 0. The molecule has 12 heavy (non-hydrogen) atoms. The Morgan fingerprint density at radius 2 is 2.33 bits per heavy atom. The van der Waals surface area contributed by atoms with Crippen LogP contribution in [-0.2, 0) is 0 Å². The maximum Gasteiger partial charge on any atom is 0.0517 e. The van der Waals surface area contributed by atoms with Gasteiger partial charge in [0.2, 0.25) is 0 Å². The van der Waals surface area contributed by atoms with Crippen molar-refractivity contribution < 1.29 is 5.11 Å². The summed E-state index contributed by atoms with van der Waals surface area (Å²) in [5.41, 5.74) is 1.57. The van der Waals surface area contributed by atoms with Gasteiger partial charge >= 0.3 is 0 Å². The number of rotatable bonds is 2. The fourth-order valence-corrected chi connectivity index (χ4v) is 2.17. The topological polar surface area (TPSA) is 20.2 Å². The van der Waals surface area contributed by atoms with Gasteiger partial charge in [0.05, 0.1) is 6.10 Å². The first-order chi connectivity index (χ1) is 5.74. The van der Waals surface area contributed by atoms with Crippen LogP contribution in [0.15, 0.2) is 11.6 Å². The molecule has 0 radical (unpaired) electrons. The fraction of sp³-hybridized carbons (Fsp3) is 0.818. The number of aliphatic hydroxyl groups is 1. The van der Waals surface area contributed by atoms with Crippen molar-refractivity contribution in [2.75, 3.05) is 0 Å². The Bertz CT molecular complexity index is 158. The zero-order valence-electron chi connectivity index (χ0n) is 8.21. The molecule has 1 N–H and O–H groups in total. The average molecular weight is 168 g/mol. The van der Waals surface area contributed by atoms with Gasteiger partial charge in [0, 0.05) is 0 Å². The molecule has 1 nitrogen and oxygen atoms in total. The second kappa shape index (κ2) is 4.66. The van der Waals surface area contributed by atoms with E-state index in [4.69, 9.17) is 0 Å². The molecule has 0 unspecified atom stereocenters. The summed E-state index contributed by atoms with van der Waals surface area (Å²) in [6.07, 6.45) is 8.29.